The van der Waals surface area contributed by atoms with Crippen molar-refractivity contribution in [2.75, 3.05) is 4.90 Å². The molecule has 0 N–H and O–H groups in total. The lowest BCUT2D eigenvalue weighted by Crippen LogP contribution is -2.13. The summed E-state index contributed by atoms with van der Waals surface area (Å²) < 4.78 is 11.2. The fraction of sp³-hybridized carbons (Fsp3) is 0.0417. The van der Waals surface area contributed by atoms with Crippen LogP contribution in [0, 0.1) is 0 Å². The molecule has 2 aromatic heterocycles. The number of hydrogen-bond acceptors (Lipinski definition) is 3. The molecule has 0 fully saturated rings. The minimum Gasteiger partial charge on any atom is -0.464 e. The third-order valence-electron chi connectivity index (χ3n) is 9.88. The van der Waals surface area contributed by atoms with Crippen molar-refractivity contribution in [2.45, 2.75) is 13.0 Å². The van der Waals surface area contributed by atoms with Gasteiger partial charge in [0.25, 0.3) is 0 Å². The summed E-state index contributed by atoms with van der Waals surface area (Å²) in [6.07, 6.45) is 14.6. The van der Waals surface area contributed by atoms with Crippen molar-refractivity contribution in [3.8, 4) is 16.9 Å². The smallest absolute Gasteiger partial charge is 0.136 e. The number of aromatic nitrogens is 1. The maximum Gasteiger partial charge on any atom is 0.136 e. The summed E-state index contributed by atoms with van der Waals surface area (Å²) in [6.45, 7) is 9.25. The Hall–Kier alpha value is -6.36. The quantitative estimate of drug-likeness (QED) is 0.148. The average Bonchev–Trinajstić information content (AvgIpc) is 3.71. The number of anilines is 3. The normalized spacial score (nSPS) is 14.0. The molecule has 1 aliphatic rings. The molecule has 1 aliphatic heterocycles. The Morgan fingerprint density at radius 2 is 1.52 bits per heavy atom. The van der Waals surface area contributed by atoms with E-state index in [2.05, 4.69) is 156 Å². The van der Waals surface area contributed by atoms with E-state index in [0.717, 1.165) is 46.9 Å². The van der Waals surface area contributed by atoms with Crippen molar-refractivity contribution >= 4 is 76.0 Å². The molecule has 0 saturated heterocycles. The third kappa shape index (κ3) is 5.45. The predicted molar refractivity (Wildman–Crippen MR) is 224 cm³/mol. The lowest BCUT2D eigenvalue weighted by atomic mass is 9.99. The van der Waals surface area contributed by atoms with Crippen molar-refractivity contribution < 1.29 is 4.74 Å². The Morgan fingerprint density at radius 1 is 0.692 bits per heavy atom. The fourth-order valence-electron chi connectivity index (χ4n) is 7.56. The standard InChI is InChI=1S/C48H36N2OS/c1-3-4-5-12-29-49-40-28-26-36(32-39(40)37-27-25-35(31-43(37)49)34-17-7-6-8-18-34)50(41-20-14-22-44-47(41)33(2)16-11-13-30-51-44)42-21-15-24-46-48(42)38-19-9-10-23-45(38)52-46/h3-11,13-28,30-32H,1-2,12,29H2/b5-4-,16-11-,30-13-. The molecule has 0 unspecified atom stereocenters. The highest BCUT2D eigenvalue weighted by molar-refractivity contribution is 7.26. The largest absolute Gasteiger partial charge is 0.464 e. The minimum atomic E-state index is 0.772. The molecule has 0 bridgehead atoms. The summed E-state index contributed by atoms with van der Waals surface area (Å²) >= 11 is 1.83. The van der Waals surface area contributed by atoms with Gasteiger partial charge in [-0.05, 0) is 83.8 Å². The topological polar surface area (TPSA) is 17.4 Å². The van der Waals surface area contributed by atoms with Gasteiger partial charge in [-0.25, -0.2) is 0 Å². The molecular formula is C48H36N2OS. The lowest BCUT2D eigenvalue weighted by molar-refractivity contribution is 0.480. The highest BCUT2D eigenvalue weighted by Gasteiger charge is 2.24. The molecule has 0 aliphatic carbocycles. The average molecular weight is 689 g/mol. The Bertz CT molecular complexity index is 2760. The molecule has 6 aromatic carbocycles. The van der Waals surface area contributed by atoms with Gasteiger partial charge in [-0.2, -0.15) is 0 Å². The number of thiophene rings is 1. The van der Waals surface area contributed by atoms with Crippen molar-refractivity contribution in [1.29, 1.82) is 0 Å². The molecule has 0 amide bonds. The van der Waals surface area contributed by atoms with E-state index in [4.69, 9.17) is 4.74 Å². The van der Waals surface area contributed by atoms with Crippen LogP contribution in [0.25, 0.3) is 58.7 Å². The van der Waals surface area contributed by atoms with Crippen LogP contribution >= 0.6 is 11.3 Å². The summed E-state index contributed by atoms with van der Waals surface area (Å²) in [7, 11) is 0. The Kier molecular flexibility index (Phi) is 8.15. The predicted octanol–water partition coefficient (Wildman–Crippen LogP) is 13.9. The number of aryl methyl sites for hydroxylation is 1. The number of fused-ring (bicyclic) bond motifs is 7. The van der Waals surface area contributed by atoms with Gasteiger partial charge in [0.2, 0.25) is 0 Å². The van der Waals surface area contributed by atoms with Crippen LogP contribution in [0.15, 0.2) is 183 Å². The summed E-state index contributed by atoms with van der Waals surface area (Å²) in [4.78, 5) is 2.40. The van der Waals surface area contributed by atoms with Crippen LogP contribution < -0.4 is 9.64 Å². The zero-order chi connectivity index (χ0) is 35.0. The van der Waals surface area contributed by atoms with Gasteiger partial charge in [0.15, 0.2) is 0 Å². The Morgan fingerprint density at radius 3 is 2.42 bits per heavy atom. The minimum absolute atomic E-state index is 0.772. The van der Waals surface area contributed by atoms with E-state index in [9.17, 15) is 0 Å². The molecule has 0 atom stereocenters. The zero-order valence-electron chi connectivity index (χ0n) is 28.7. The summed E-state index contributed by atoms with van der Waals surface area (Å²) in [6, 6.07) is 46.1. The Balaban J connectivity index is 1.32. The van der Waals surface area contributed by atoms with Crippen LogP contribution in [0.1, 0.15) is 12.0 Å². The first kappa shape index (κ1) is 31.6. The molecule has 0 spiro atoms. The number of nitrogens with zero attached hydrogens (tertiary/aromatic N) is 2. The first-order valence-corrected chi connectivity index (χ1v) is 18.4. The van der Waals surface area contributed by atoms with Crippen LogP contribution in [0.3, 0.4) is 0 Å². The highest BCUT2D eigenvalue weighted by atomic mass is 32.1. The van der Waals surface area contributed by atoms with Gasteiger partial charge in [-0.15, -0.1) is 11.3 Å². The fourth-order valence-corrected chi connectivity index (χ4v) is 8.69. The third-order valence-corrected chi connectivity index (χ3v) is 11.0. The van der Waals surface area contributed by atoms with E-state index >= 15 is 0 Å². The monoisotopic (exact) mass is 688 g/mol. The second-order valence-corrected chi connectivity index (χ2v) is 14.1. The van der Waals surface area contributed by atoms with Crippen molar-refractivity contribution in [3.63, 3.8) is 0 Å². The van der Waals surface area contributed by atoms with E-state index in [1.54, 1.807) is 6.26 Å². The van der Waals surface area contributed by atoms with Gasteiger partial charge >= 0.3 is 0 Å². The van der Waals surface area contributed by atoms with Crippen molar-refractivity contribution in [2.24, 2.45) is 0 Å². The van der Waals surface area contributed by atoms with Crippen LogP contribution in [-0.4, -0.2) is 4.57 Å². The van der Waals surface area contributed by atoms with Crippen LogP contribution in [-0.2, 0) is 6.54 Å². The maximum atomic E-state index is 6.21. The number of benzene rings is 6. The van der Waals surface area contributed by atoms with E-state index in [1.807, 2.05) is 41.7 Å². The SMILES string of the molecule is C=C/C=C\CCn1c2ccc(N(c3cccc4c3C(=C)/C=C\C=C/O4)c3cccc4sc5ccccc5c34)cc2c2ccc(-c3ccccc3)cc21. The lowest BCUT2D eigenvalue weighted by Gasteiger charge is -2.30. The zero-order valence-corrected chi connectivity index (χ0v) is 29.5. The molecule has 52 heavy (non-hydrogen) atoms. The maximum absolute atomic E-state index is 6.21. The second-order valence-electron chi connectivity index (χ2n) is 13.0. The Labute approximate surface area is 307 Å². The molecule has 3 heterocycles. The number of rotatable bonds is 8. The summed E-state index contributed by atoms with van der Waals surface area (Å²) in [5.41, 5.74) is 9.89. The van der Waals surface area contributed by atoms with E-state index in [-0.39, 0.29) is 0 Å². The van der Waals surface area contributed by atoms with E-state index in [0.29, 0.717) is 0 Å². The van der Waals surface area contributed by atoms with Gasteiger partial charge in [0, 0.05) is 59.8 Å². The molecular weight excluding hydrogens is 653 g/mol. The second kappa shape index (κ2) is 13.4. The molecule has 0 radical (unpaired) electrons. The number of hydrogen-bond donors (Lipinski definition) is 0. The first-order chi connectivity index (χ1) is 25.7. The van der Waals surface area contributed by atoms with Gasteiger partial charge < -0.3 is 14.2 Å². The molecule has 0 saturated carbocycles. The van der Waals surface area contributed by atoms with E-state index in [1.165, 1.54) is 53.1 Å². The van der Waals surface area contributed by atoms with Crippen LogP contribution in [0.2, 0.25) is 0 Å². The van der Waals surface area contributed by atoms with Crippen molar-refractivity contribution in [3.05, 3.63) is 189 Å². The van der Waals surface area contributed by atoms with Gasteiger partial charge in [0.05, 0.1) is 17.6 Å². The van der Waals surface area contributed by atoms with Gasteiger partial charge in [0.1, 0.15) is 5.75 Å². The molecule has 4 heteroatoms. The van der Waals surface area contributed by atoms with E-state index < -0.39 is 0 Å². The highest BCUT2D eigenvalue weighted by Crippen LogP contribution is 2.49. The number of allylic oxidation sites excluding steroid dienone is 7. The molecule has 3 nitrogen and oxygen atoms in total. The van der Waals surface area contributed by atoms with Crippen LogP contribution in [0.5, 0.6) is 5.75 Å². The van der Waals surface area contributed by atoms with Crippen molar-refractivity contribution in [1.82, 2.24) is 4.57 Å². The summed E-state index contributed by atoms with van der Waals surface area (Å²) in [5, 5.41) is 4.92. The molecule has 250 valence electrons. The number of ether oxygens (including phenoxy) is 1. The van der Waals surface area contributed by atoms with Gasteiger partial charge in [-0.3, -0.25) is 0 Å². The van der Waals surface area contributed by atoms with Crippen LogP contribution in [0.4, 0.5) is 17.1 Å². The molecule has 8 aromatic rings. The summed E-state index contributed by atoms with van der Waals surface area (Å²) in [5.74, 6) is 0.772. The molecule has 9 rings (SSSR count). The first-order valence-electron chi connectivity index (χ1n) is 17.6. The van der Waals surface area contributed by atoms with Gasteiger partial charge in [-0.1, -0.05) is 116 Å².